The minimum atomic E-state index is 0.336. The first-order valence-electron chi connectivity index (χ1n) is 7.09. The van der Waals surface area contributed by atoms with Gasteiger partial charge in [0.15, 0.2) is 0 Å². The van der Waals surface area contributed by atoms with Crippen molar-refractivity contribution in [3.63, 3.8) is 0 Å². The molecule has 21 heavy (non-hydrogen) atoms. The molecule has 0 unspecified atom stereocenters. The first kappa shape index (κ1) is 15.1. The summed E-state index contributed by atoms with van der Waals surface area (Å²) in [5.74, 6) is 0.336. The molecule has 0 saturated heterocycles. The number of phenols is 1. The van der Waals surface area contributed by atoms with Gasteiger partial charge >= 0.3 is 0 Å². The number of anilines is 1. The van der Waals surface area contributed by atoms with Crippen molar-refractivity contribution < 1.29 is 5.11 Å². The number of hydrogen-bond donors (Lipinski definition) is 3. The highest BCUT2D eigenvalue weighted by Gasteiger charge is 1.98. The second-order valence-electron chi connectivity index (χ2n) is 4.82. The van der Waals surface area contributed by atoms with Gasteiger partial charge in [-0.25, -0.2) is 0 Å². The van der Waals surface area contributed by atoms with Gasteiger partial charge in [0.05, 0.1) is 0 Å². The molecule has 4 nitrogen and oxygen atoms in total. The molecule has 0 bridgehead atoms. The summed E-state index contributed by atoms with van der Waals surface area (Å²) in [6.07, 6.45) is 2.76. The van der Waals surface area contributed by atoms with Gasteiger partial charge in [0, 0.05) is 36.1 Å². The van der Waals surface area contributed by atoms with E-state index in [4.69, 9.17) is 5.73 Å². The third-order valence-electron chi connectivity index (χ3n) is 3.17. The van der Waals surface area contributed by atoms with Crippen LogP contribution in [0.3, 0.4) is 0 Å². The number of para-hydroxylation sites is 2. The Hall–Kier alpha value is -2.33. The maximum absolute atomic E-state index is 9.63. The highest BCUT2D eigenvalue weighted by atomic mass is 16.3. The Labute approximate surface area is 125 Å². The number of aliphatic imine (C=N–C) groups is 1. The largest absolute Gasteiger partial charge is 0.508 e. The van der Waals surface area contributed by atoms with Crippen LogP contribution in [0, 0.1) is 0 Å². The number of rotatable bonds is 7. The normalized spacial score (nSPS) is 11.0. The Morgan fingerprint density at radius 2 is 1.86 bits per heavy atom. The summed E-state index contributed by atoms with van der Waals surface area (Å²) < 4.78 is 0. The van der Waals surface area contributed by atoms with Gasteiger partial charge in [-0.15, -0.1) is 0 Å². The third-order valence-corrected chi connectivity index (χ3v) is 3.17. The van der Waals surface area contributed by atoms with Crippen LogP contribution in [0.5, 0.6) is 5.75 Å². The van der Waals surface area contributed by atoms with Crippen LogP contribution in [0.25, 0.3) is 0 Å². The monoisotopic (exact) mass is 283 g/mol. The van der Waals surface area contributed by atoms with Crippen LogP contribution in [0.4, 0.5) is 5.69 Å². The number of nitrogen functional groups attached to an aromatic ring is 1. The van der Waals surface area contributed by atoms with E-state index in [1.807, 2.05) is 48.7 Å². The SMILES string of the molecule is Nc1ccccc1C=NCCCNCc1ccccc1O. The molecule has 2 rings (SSSR count). The van der Waals surface area contributed by atoms with Crippen LogP contribution in [0.15, 0.2) is 53.5 Å². The van der Waals surface area contributed by atoms with E-state index in [1.54, 1.807) is 6.07 Å². The number of nitrogens with two attached hydrogens (primary N) is 1. The van der Waals surface area contributed by atoms with E-state index in [-0.39, 0.29) is 0 Å². The van der Waals surface area contributed by atoms with Crippen molar-refractivity contribution in [2.45, 2.75) is 13.0 Å². The van der Waals surface area contributed by atoms with Gasteiger partial charge in [-0.2, -0.15) is 0 Å². The van der Waals surface area contributed by atoms with Crippen molar-refractivity contribution in [2.75, 3.05) is 18.8 Å². The fraction of sp³-hybridized carbons (Fsp3) is 0.235. The van der Waals surface area contributed by atoms with E-state index >= 15 is 0 Å². The topological polar surface area (TPSA) is 70.6 Å². The molecule has 0 aliphatic carbocycles. The summed E-state index contributed by atoms with van der Waals surface area (Å²) in [6, 6.07) is 15.0. The van der Waals surface area contributed by atoms with Gasteiger partial charge in [0.2, 0.25) is 0 Å². The summed E-state index contributed by atoms with van der Waals surface area (Å²) in [5, 5.41) is 12.9. The van der Waals surface area contributed by atoms with Crippen molar-refractivity contribution in [3.8, 4) is 5.75 Å². The lowest BCUT2D eigenvalue weighted by Gasteiger charge is -2.05. The van der Waals surface area contributed by atoms with Crippen LogP contribution < -0.4 is 11.1 Å². The molecule has 0 fully saturated rings. The number of nitrogens with one attached hydrogen (secondary N) is 1. The van der Waals surface area contributed by atoms with Crippen molar-refractivity contribution in [1.82, 2.24) is 5.32 Å². The van der Waals surface area contributed by atoms with Gasteiger partial charge in [0.25, 0.3) is 0 Å². The molecule has 2 aromatic rings. The van der Waals surface area contributed by atoms with Crippen LogP contribution in [-0.2, 0) is 6.54 Å². The van der Waals surface area contributed by atoms with Gasteiger partial charge in [0.1, 0.15) is 5.75 Å². The highest BCUT2D eigenvalue weighted by Crippen LogP contribution is 2.14. The highest BCUT2D eigenvalue weighted by molar-refractivity contribution is 5.86. The molecule has 4 N–H and O–H groups in total. The second-order valence-corrected chi connectivity index (χ2v) is 4.82. The zero-order chi connectivity index (χ0) is 14.9. The first-order valence-corrected chi connectivity index (χ1v) is 7.09. The van der Waals surface area contributed by atoms with Crippen molar-refractivity contribution in [1.29, 1.82) is 0 Å². The quantitative estimate of drug-likeness (QED) is 0.415. The van der Waals surface area contributed by atoms with Crippen LogP contribution in [0.2, 0.25) is 0 Å². The molecular formula is C17H21N3O. The van der Waals surface area contributed by atoms with E-state index in [0.29, 0.717) is 12.3 Å². The van der Waals surface area contributed by atoms with Crippen molar-refractivity contribution in [2.24, 2.45) is 4.99 Å². The van der Waals surface area contributed by atoms with Gasteiger partial charge in [-0.3, -0.25) is 4.99 Å². The zero-order valence-corrected chi connectivity index (χ0v) is 12.0. The average molecular weight is 283 g/mol. The van der Waals surface area contributed by atoms with Gasteiger partial charge in [-0.05, 0) is 25.1 Å². The summed E-state index contributed by atoms with van der Waals surface area (Å²) in [6.45, 7) is 2.28. The van der Waals surface area contributed by atoms with E-state index in [1.165, 1.54) is 0 Å². The molecule has 0 spiro atoms. The summed E-state index contributed by atoms with van der Waals surface area (Å²) >= 11 is 0. The summed E-state index contributed by atoms with van der Waals surface area (Å²) in [4.78, 5) is 4.37. The lowest BCUT2D eigenvalue weighted by molar-refractivity contribution is 0.464. The van der Waals surface area contributed by atoms with Crippen molar-refractivity contribution in [3.05, 3.63) is 59.7 Å². The fourth-order valence-corrected chi connectivity index (χ4v) is 1.97. The smallest absolute Gasteiger partial charge is 0.120 e. The molecule has 0 amide bonds. The van der Waals surface area contributed by atoms with E-state index in [2.05, 4.69) is 10.3 Å². The zero-order valence-electron chi connectivity index (χ0n) is 12.0. The van der Waals surface area contributed by atoms with E-state index in [9.17, 15) is 5.11 Å². The first-order chi connectivity index (χ1) is 10.3. The van der Waals surface area contributed by atoms with Crippen LogP contribution in [0.1, 0.15) is 17.5 Å². The standard InChI is InChI=1S/C17H21N3O/c18-16-8-3-1-6-14(16)12-19-10-5-11-20-13-15-7-2-4-9-17(15)21/h1-4,6-9,12,20-21H,5,10-11,13,18H2. The van der Waals surface area contributed by atoms with Crippen LogP contribution in [-0.4, -0.2) is 24.4 Å². The Balaban J connectivity index is 1.65. The number of aromatic hydroxyl groups is 1. The summed E-state index contributed by atoms with van der Waals surface area (Å²) in [7, 11) is 0. The molecule has 4 heteroatoms. The molecule has 0 aromatic heterocycles. The molecule has 0 radical (unpaired) electrons. The Morgan fingerprint density at radius 3 is 2.67 bits per heavy atom. The average Bonchev–Trinajstić information content (AvgIpc) is 2.50. The molecule has 0 heterocycles. The van der Waals surface area contributed by atoms with Crippen LogP contribution >= 0.6 is 0 Å². The number of nitrogens with zero attached hydrogens (tertiary/aromatic N) is 1. The molecule has 0 aliphatic rings. The Kier molecular flexibility index (Phi) is 5.79. The Morgan fingerprint density at radius 1 is 1.10 bits per heavy atom. The van der Waals surface area contributed by atoms with Crippen molar-refractivity contribution >= 4 is 11.9 Å². The minimum absolute atomic E-state index is 0.336. The van der Waals surface area contributed by atoms with E-state index < -0.39 is 0 Å². The number of phenolic OH excluding ortho intramolecular Hbond substituents is 1. The lowest BCUT2D eigenvalue weighted by Crippen LogP contribution is -2.15. The minimum Gasteiger partial charge on any atom is -0.508 e. The number of benzene rings is 2. The third kappa shape index (κ3) is 4.93. The molecule has 0 saturated carbocycles. The Bertz CT molecular complexity index is 596. The predicted octanol–water partition coefficient (Wildman–Crippen LogP) is 2.57. The molecule has 0 atom stereocenters. The van der Waals surface area contributed by atoms with E-state index in [0.717, 1.165) is 36.3 Å². The maximum Gasteiger partial charge on any atom is 0.120 e. The molecule has 0 aliphatic heterocycles. The van der Waals surface area contributed by atoms with Gasteiger partial charge in [-0.1, -0.05) is 36.4 Å². The number of hydrogen-bond acceptors (Lipinski definition) is 4. The maximum atomic E-state index is 9.63. The molecule has 110 valence electrons. The second kappa shape index (κ2) is 8.07. The lowest BCUT2D eigenvalue weighted by atomic mass is 10.2. The van der Waals surface area contributed by atoms with Gasteiger partial charge < -0.3 is 16.2 Å². The predicted molar refractivity (Wildman–Crippen MR) is 87.7 cm³/mol. The molecular weight excluding hydrogens is 262 g/mol. The summed E-state index contributed by atoms with van der Waals surface area (Å²) in [5.41, 5.74) is 8.46. The molecule has 2 aromatic carbocycles. The fourth-order valence-electron chi connectivity index (χ4n) is 1.97.